The van der Waals surface area contributed by atoms with E-state index in [4.69, 9.17) is 9.47 Å². The topological polar surface area (TPSA) is 47.6 Å². The number of halogens is 2. The minimum absolute atomic E-state index is 0.0750. The monoisotopic (exact) mass is 421 g/mol. The Balaban J connectivity index is 1.61. The van der Waals surface area contributed by atoms with E-state index in [0.717, 1.165) is 22.9 Å². The van der Waals surface area contributed by atoms with E-state index in [0.29, 0.717) is 19.0 Å². The van der Waals surface area contributed by atoms with Crippen molar-refractivity contribution in [1.82, 2.24) is 5.32 Å². The summed E-state index contributed by atoms with van der Waals surface area (Å²) in [6, 6.07) is 13.8. The highest BCUT2D eigenvalue weighted by Gasteiger charge is 2.35. The standard InChI is InChI=1S/C20H21BrFNO3/c21-16-3-1-2-15(14-16)20(9-12-25-13-10-20)23-19(24)8-11-26-18-6-4-17(22)5-7-18/h1-7,14H,8-13H2,(H,23,24). The molecule has 26 heavy (non-hydrogen) atoms. The van der Waals surface area contributed by atoms with Crippen molar-refractivity contribution in [3.63, 3.8) is 0 Å². The van der Waals surface area contributed by atoms with E-state index in [-0.39, 0.29) is 24.8 Å². The summed E-state index contributed by atoms with van der Waals surface area (Å²) in [7, 11) is 0. The van der Waals surface area contributed by atoms with Gasteiger partial charge in [-0.15, -0.1) is 0 Å². The van der Waals surface area contributed by atoms with Crippen LogP contribution in [0.3, 0.4) is 0 Å². The van der Waals surface area contributed by atoms with E-state index in [1.54, 1.807) is 12.1 Å². The van der Waals surface area contributed by atoms with Gasteiger partial charge in [-0.3, -0.25) is 4.79 Å². The van der Waals surface area contributed by atoms with Crippen LogP contribution in [0.4, 0.5) is 4.39 Å². The summed E-state index contributed by atoms with van der Waals surface area (Å²) in [5.74, 6) is 0.159. The lowest BCUT2D eigenvalue weighted by Gasteiger charge is -2.38. The van der Waals surface area contributed by atoms with Gasteiger partial charge in [0.1, 0.15) is 11.6 Å². The highest BCUT2D eigenvalue weighted by atomic mass is 79.9. The fraction of sp³-hybridized carbons (Fsp3) is 0.350. The molecule has 0 bridgehead atoms. The maximum absolute atomic E-state index is 12.9. The Kier molecular flexibility index (Phi) is 6.27. The van der Waals surface area contributed by atoms with Gasteiger partial charge in [0, 0.05) is 17.7 Å². The Morgan fingerprint density at radius 2 is 1.92 bits per heavy atom. The molecule has 0 aromatic heterocycles. The molecule has 2 aromatic carbocycles. The van der Waals surface area contributed by atoms with Gasteiger partial charge < -0.3 is 14.8 Å². The third-order valence-corrected chi connectivity index (χ3v) is 5.01. The van der Waals surface area contributed by atoms with Gasteiger partial charge in [-0.25, -0.2) is 4.39 Å². The first-order valence-corrected chi connectivity index (χ1v) is 9.40. The van der Waals surface area contributed by atoms with Crippen LogP contribution < -0.4 is 10.1 Å². The molecule has 138 valence electrons. The van der Waals surface area contributed by atoms with Crippen molar-refractivity contribution in [2.24, 2.45) is 0 Å². The first-order chi connectivity index (χ1) is 12.6. The van der Waals surface area contributed by atoms with Crippen LogP contribution in [0.1, 0.15) is 24.8 Å². The molecule has 1 N–H and O–H groups in total. The number of hydrogen-bond donors (Lipinski definition) is 1. The molecule has 3 rings (SSSR count). The van der Waals surface area contributed by atoms with Gasteiger partial charge in [-0.2, -0.15) is 0 Å². The molecule has 2 aromatic rings. The maximum atomic E-state index is 12.9. The van der Waals surface area contributed by atoms with Gasteiger partial charge in [0.05, 0.1) is 18.6 Å². The van der Waals surface area contributed by atoms with Crippen LogP contribution in [0.2, 0.25) is 0 Å². The third-order valence-electron chi connectivity index (χ3n) is 4.51. The summed E-state index contributed by atoms with van der Waals surface area (Å²) in [6.45, 7) is 1.46. The number of rotatable bonds is 6. The molecule has 1 aliphatic heterocycles. The quantitative estimate of drug-likeness (QED) is 0.760. The summed E-state index contributed by atoms with van der Waals surface area (Å²) < 4.78 is 24.9. The van der Waals surface area contributed by atoms with Crippen LogP contribution in [0.15, 0.2) is 53.0 Å². The molecule has 1 heterocycles. The van der Waals surface area contributed by atoms with E-state index < -0.39 is 5.54 Å². The molecule has 0 saturated carbocycles. The van der Waals surface area contributed by atoms with Crippen LogP contribution in [-0.4, -0.2) is 25.7 Å². The average molecular weight is 422 g/mol. The predicted octanol–water partition coefficient (Wildman–Crippen LogP) is 4.18. The molecule has 0 unspecified atom stereocenters. The lowest BCUT2D eigenvalue weighted by atomic mass is 9.82. The Morgan fingerprint density at radius 3 is 2.62 bits per heavy atom. The van der Waals surface area contributed by atoms with E-state index >= 15 is 0 Å². The number of carbonyl (C=O) groups is 1. The summed E-state index contributed by atoms with van der Waals surface area (Å²) in [6.07, 6.45) is 1.69. The van der Waals surface area contributed by atoms with Gasteiger partial charge in [0.25, 0.3) is 0 Å². The summed E-state index contributed by atoms with van der Waals surface area (Å²) in [5.41, 5.74) is 0.651. The lowest BCUT2D eigenvalue weighted by molar-refractivity contribution is -0.125. The van der Waals surface area contributed by atoms with E-state index in [1.165, 1.54) is 12.1 Å². The van der Waals surface area contributed by atoms with E-state index in [2.05, 4.69) is 21.2 Å². The Hall–Kier alpha value is -1.92. The van der Waals surface area contributed by atoms with Gasteiger partial charge in [-0.1, -0.05) is 28.1 Å². The first-order valence-electron chi connectivity index (χ1n) is 8.61. The van der Waals surface area contributed by atoms with Crippen LogP contribution >= 0.6 is 15.9 Å². The third kappa shape index (κ3) is 4.83. The largest absolute Gasteiger partial charge is 0.493 e. The lowest BCUT2D eigenvalue weighted by Crippen LogP contribution is -2.49. The number of carbonyl (C=O) groups excluding carboxylic acids is 1. The fourth-order valence-electron chi connectivity index (χ4n) is 3.11. The molecular formula is C20H21BrFNO3. The fourth-order valence-corrected chi connectivity index (χ4v) is 3.51. The molecule has 0 spiro atoms. The van der Waals surface area contributed by atoms with Crippen LogP contribution in [0, 0.1) is 5.82 Å². The summed E-state index contributed by atoms with van der Waals surface area (Å²) >= 11 is 3.50. The SMILES string of the molecule is O=C(CCOc1ccc(F)cc1)NC1(c2cccc(Br)c2)CCOCC1. The number of hydrogen-bond acceptors (Lipinski definition) is 3. The van der Waals surface area contributed by atoms with Crippen molar-refractivity contribution < 1.29 is 18.7 Å². The Morgan fingerprint density at radius 1 is 1.19 bits per heavy atom. The summed E-state index contributed by atoms with van der Waals surface area (Å²) in [4.78, 5) is 12.5. The van der Waals surface area contributed by atoms with Gasteiger partial charge in [0.15, 0.2) is 0 Å². The number of benzene rings is 2. The molecule has 6 heteroatoms. The van der Waals surface area contributed by atoms with Crippen molar-refractivity contribution in [1.29, 1.82) is 0 Å². The minimum Gasteiger partial charge on any atom is -0.493 e. The zero-order valence-electron chi connectivity index (χ0n) is 14.3. The van der Waals surface area contributed by atoms with E-state index in [9.17, 15) is 9.18 Å². The molecule has 0 radical (unpaired) electrons. The smallest absolute Gasteiger partial charge is 0.224 e. The van der Waals surface area contributed by atoms with Crippen molar-refractivity contribution in [3.8, 4) is 5.75 Å². The molecule has 1 saturated heterocycles. The molecular weight excluding hydrogens is 401 g/mol. The maximum Gasteiger partial charge on any atom is 0.224 e. The van der Waals surface area contributed by atoms with Crippen LogP contribution in [0.25, 0.3) is 0 Å². The normalized spacial score (nSPS) is 16.1. The van der Waals surface area contributed by atoms with Gasteiger partial charge >= 0.3 is 0 Å². The van der Waals surface area contributed by atoms with Crippen LogP contribution in [0.5, 0.6) is 5.75 Å². The molecule has 4 nitrogen and oxygen atoms in total. The first kappa shape index (κ1) is 18.9. The van der Waals surface area contributed by atoms with Crippen molar-refractivity contribution in [2.45, 2.75) is 24.8 Å². The predicted molar refractivity (Wildman–Crippen MR) is 101 cm³/mol. The molecule has 0 atom stereocenters. The van der Waals surface area contributed by atoms with Crippen molar-refractivity contribution in [2.75, 3.05) is 19.8 Å². The second-order valence-electron chi connectivity index (χ2n) is 6.31. The summed E-state index contributed by atoms with van der Waals surface area (Å²) in [5, 5.41) is 3.19. The second-order valence-corrected chi connectivity index (χ2v) is 7.22. The average Bonchev–Trinajstić information content (AvgIpc) is 2.64. The van der Waals surface area contributed by atoms with Crippen LogP contribution in [-0.2, 0) is 15.1 Å². The Labute approximate surface area is 160 Å². The van der Waals surface area contributed by atoms with E-state index in [1.807, 2.05) is 24.3 Å². The number of amides is 1. The minimum atomic E-state index is -0.422. The zero-order valence-corrected chi connectivity index (χ0v) is 15.9. The highest BCUT2D eigenvalue weighted by molar-refractivity contribution is 9.10. The van der Waals surface area contributed by atoms with Crippen molar-refractivity contribution >= 4 is 21.8 Å². The Bertz CT molecular complexity index is 745. The molecule has 0 aliphatic carbocycles. The highest BCUT2D eigenvalue weighted by Crippen LogP contribution is 2.33. The molecule has 1 fully saturated rings. The number of nitrogens with one attached hydrogen (secondary N) is 1. The molecule has 1 aliphatic rings. The molecule has 1 amide bonds. The second kappa shape index (κ2) is 8.64. The van der Waals surface area contributed by atoms with Crippen molar-refractivity contribution in [3.05, 3.63) is 64.4 Å². The van der Waals surface area contributed by atoms with Gasteiger partial charge in [-0.05, 0) is 54.8 Å². The van der Waals surface area contributed by atoms with Gasteiger partial charge in [0.2, 0.25) is 5.91 Å². The zero-order chi connectivity index (χ0) is 18.4. The number of ether oxygens (including phenoxy) is 2.